The van der Waals surface area contributed by atoms with Gasteiger partial charge < -0.3 is 24.8 Å². The lowest BCUT2D eigenvalue weighted by Crippen LogP contribution is -2.47. The fourth-order valence-corrected chi connectivity index (χ4v) is 4.61. The molecule has 1 aromatic carbocycles. The maximum absolute atomic E-state index is 14.5. The number of aryl methyl sites for hydroxylation is 1. The molecule has 188 valence electrons. The normalized spacial score (nSPS) is 24.7. The highest BCUT2D eigenvalue weighted by atomic mass is 19.4. The maximum Gasteiger partial charge on any atom is 0.417 e. The molecule has 2 aromatic heterocycles. The first-order chi connectivity index (χ1) is 16.3. The van der Waals surface area contributed by atoms with Crippen molar-refractivity contribution < 1.29 is 36.2 Å². The third kappa shape index (κ3) is 3.85. The molecule has 3 heterocycles. The number of methoxy groups -OCH3 is 1. The number of rotatable bonds is 4. The number of hydrogen-bond donors (Lipinski definition) is 3. The van der Waals surface area contributed by atoms with E-state index in [9.17, 15) is 31.5 Å². The number of H-pyrrole nitrogens is 2. The molecular weight excluding hydrogens is 477 g/mol. The number of aromatic amines is 2. The lowest BCUT2D eigenvalue weighted by Gasteiger charge is -2.32. The molecule has 1 aliphatic heterocycles. The molecule has 0 saturated carbocycles. The van der Waals surface area contributed by atoms with Gasteiger partial charge in [-0.1, -0.05) is 13.0 Å². The van der Waals surface area contributed by atoms with Gasteiger partial charge in [-0.05, 0) is 26.0 Å². The number of anilines is 1. The number of halogens is 5. The van der Waals surface area contributed by atoms with Crippen molar-refractivity contribution in [1.29, 1.82) is 0 Å². The Balaban J connectivity index is 1.80. The average molecular weight is 499 g/mol. The zero-order valence-electron chi connectivity index (χ0n) is 19.1. The van der Waals surface area contributed by atoms with Crippen molar-refractivity contribution in [2.45, 2.75) is 44.6 Å². The number of nitrogens with one attached hydrogen (secondary N) is 3. The highest BCUT2D eigenvalue weighted by Gasteiger charge is 2.66. The van der Waals surface area contributed by atoms with Crippen molar-refractivity contribution in [3.63, 3.8) is 0 Å². The highest BCUT2D eigenvalue weighted by Crippen LogP contribution is 2.55. The molecule has 35 heavy (non-hydrogen) atoms. The molecule has 1 saturated heterocycles. The molecule has 0 spiro atoms. The van der Waals surface area contributed by atoms with Crippen molar-refractivity contribution >= 4 is 22.5 Å². The molecule has 1 fully saturated rings. The molecule has 1 amide bonds. The van der Waals surface area contributed by atoms with Crippen LogP contribution in [0, 0.1) is 24.5 Å². The molecule has 4 rings (SSSR count). The molecule has 1 aliphatic rings. The van der Waals surface area contributed by atoms with Crippen molar-refractivity contribution in [3.05, 3.63) is 57.6 Å². The average Bonchev–Trinajstić information content (AvgIpc) is 3.29. The van der Waals surface area contributed by atoms with Gasteiger partial charge in [0.05, 0.1) is 12.8 Å². The van der Waals surface area contributed by atoms with E-state index in [-0.39, 0.29) is 16.8 Å². The Morgan fingerprint density at radius 1 is 1.26 bits per heavy atom. The predicted molar refractivity (Wildman–Crippen MR) is 116 cm³/mol. The van der Waals surface area contributed by atoms with Crippen LogP contribution in [0.3, 0.4) is 0 Å². The van der Waals surface area contributed by atoms with Crippen LogP contribution in [0.1, 0.15) is 31.0 Å². The van der Waals surface area contributed by atoms with E-state index in [1.165, 1.54) is 13.1 Å². The number of fused-ring (bicyclic) bond motifs is 1. The summed E-state index contributed by atoms with van der Waals surface area (Å²) in [5.41, 5.74) is -2.56. The minimum Gasteiger partial charge on any atom is -0.493 e. The van der Waals surface area contributed by atoms with Crippen LogP contribution in [-0.2, 0) is 9.53 Å². The highest BCUT2D eigenvalue weighted by molar-refractivity contribution is 6.03. The largest absolute Gasteiger partial charge is 0.493 e. The maximum atomic E-state index is 14.5. The second-order valence-corrected chi connectivity index (χ2v) is 8.70. The van der Waals surface area contributed by atoms with Crippen LogP contribution >= 0.6 is 0 Å². The molecule has 4 atom stereocenters. The van der Waals surface area contributed by atoms with Gasteiger partial charge in [-0.25, -0.2) is 4.39 Å². The van der Waals surface area contributed by atoms with Crippen molar-refractivity contribution in [3.8, 4) is 5.75 Å². The quantitative estimate of drug-likeness (QED) is 0.460. The molecule has 0 unspecified atom stereocenters. The molecule has 7 nitrogen and oxygen atoms in total. The van der Waals surface area contributed by atoms with Gasteiger partial charge in [-0.2, -0.15) is 17.6 Å². The number of benzene rings is 1. The van der Waals surface area contributed by atoms with Gasteiger partial charge >= 0.3 is 6.18 Å². The third-order valence-electron chi connectivity index (χ3n) is 6.65. The molecule has 0 radical (unpaired) electrons. The Labute approximate surface area is 195 Å². The smallest absolute Gasteiger partial charge is 0.417 e. The minimum atomic E-state index is -4.88. The summed E-state index contributed by atoms with van der Waals surface area (Å²) in [6, 6.07) is 3.42. The standard InChI is InChI=1S/C23H22F5N3O4/c1-9-7-12-14(8-29-17(12)20(32)30-9)31-21(33)19-15(10(2)22(3,35-19)23(26,27)28)11-5-6-13(24)16(25)18(11)34-4/h5-8,10,15,19,29H,1-4H3,(H,30,32)(H,31,33)/t10-,15-,19+,22+/m0/s1. The number of alkyl halides is 3. The second-order valence-electron chi connectivity index (χ2n) is 8.70. The van der Waals surface area contributed by atoms with Gasteiger partial charge in [0.2, 0.25) is 5.82 Å². The Bertz CT molecular complexity index is 1370. The molecule has 0 aliphatic carbocycles. The minimum absolute atomic E-state index is 0.141. The van der Waals surface area contributed by atoms with Crippen LogP contribution in [0.5, 0.6) is 5.75 Å². The molecule has 0 bridgehead atoms. The van der Waals surface area contributed by atoms with E-state index in [0.29, 0.717) is 11.1 Å². The van der Waals surface area contributed by atoms with Crippen LogP contribution in [0.4, 0.5) is 27.6 Å². The molecular formula is C23H22F5N3O4. The van der Waals surface area contributed by atoms with E-state index in [2.05, 4.69) is 15.3 Å². The van der Waals surface area contributed by atoms with Gasteiger partial charge in [0.25, 0.3) is 11.5 Å². The number of carbonyl (C=O) groups is 1. The van der Waals surface area contributed by atoms with Crippen LogP contribution in [0.2, 0.25) is 0 Å². The number of amides is 1. The number of hydrogen-bond acceptors (Lipinski definition) is 4. The van der Waals surface area contributed by atoms with Crippen molar-refractivity contribution in [2.24, 2.45) is 5.92 Å². The summed E-state index contributed by atoms with van der Waals surface area (Å²) < 4.78 is 80.7. The number of aromatic nitrogens is 2. The summed E-state index contributed by atoms with van der Waals surface area (Å²) in [7, 11) is 1.05. The van der Waals surface area contributed by atoms with Crippen LogP contribution in [0.25, 0.3) is 10.9 Å². The van der Waals surface area contributed by atoms with Crippen LogP contribution in [-0.4, -0.2) is 40.9 Å². The number of ether oxygens (including phenoxy) is 2. The number of carbonyl (C=O) groups excluding carboxylic acids is 1. The van der Waals surface area contributed by atoms with Gasteiger partial charge in [0.1, 0.15) is 11.6 Å². The van der Waals surface area contributed by atoms with E-state index in [1.807, 2.05) is 0 Å². The molecule has 3 aromatic rings. The summed E-state index contributed by atoms with van der Waals surface area (Å²) >= 11 is 0. The Hall–Kier alpha value is -3.41. The summed E-state index contributed by atoms with van der Waals surface area (Å²) in [6.07, 6.45) is -5.30. The Morgan fingerprint density at radius 2 is 1.94 bits per heavy atom. The fraction of sp³-hybridized carbons (Fsp3) is 0.391. The van der Waals surface area contributed by atoms with Gasteiger partial charge in [0.15, 0.2) is 17.2 Å². The van der Waals surface area contributed by atoms with E-state index in [1.54, 1.807) is 13.0 Å². The lowest BCUT2D eigenvalue weighted by atomic mass is 9.77. The SMILES string of the molecule is COc1c([C@H]2[C@H](C(=O)Nc3c[nH]c4c(=O)[nH]c(C)cc34)O[C@@](C)(C(F)(F)F)[C@H]2C)ccc(F)c1F. The zero-order chi connectivity index (χ0) is 25.9. The van der Waals surface area contributed by atoms with Gasteiger partial charge in [-0.3, -0.25) is 9.59 Å². The summed E-state index contributed by atoms with van der Waals surface area (Å²) in [5, 5.41) is 2.85. The monoisotopic (exact) mass is 499 g/mol. The number of pyridine rings is 1. The van der Waals surface area contributed by atoms with Crippen LogP contribution in [0.15, 0.2) is 29.2 Å². The van der Waals surface area contributed by atoms with E-state index in [4.69, 9.17) is 9.47 Å². The van der Waals surface area contributed by atoms with Crippen LogP contribution < -0.4 is 15.6 Å². The van der Waals surface area contributed by atoms with Crippen molar-refractivity contribution in [2.75, 3.05) is 12.4 Å². The first kappa shape index (κ1) is 24.7. The lowest BCUT2D eigenvalue weighted by molar-refractivity contribution is -0.272. The van der Waals surface area contributed by atoms with E-state index in [0.717, 1.165) is 26.2 Å². The Kier molecular flexibility index (Phi) is 5.90. The first-order valence-corrected chi connectivity index (χ1v) is 10.6. The van der Waals surface area contributed by atoms with E-state index < -0.39 is 58.6 Å². The topological polar surface area (TPSA) is 96.2 Å². The summed E-state index contributed by atoms with van der Waals surface area (Å²) in [4.78, 5) is 30.7. The molecule has 12 heteroatoms. The Morgan fingerprint density at radius 3 is 2.57 bits per heavy atom. The second kappa shape index (κ2) is 8.36. The van der Waals surface area contributed by atoms with Gasteiger partial charge in [-0.15, -0.1) is 0 Å². The fourth-order valence-electron chi connectivity index (χ4n) is 4.61. The van der Waals surface area contributed by atoms with Crippen molar-refractivity contribution in [1.82, 2.24) is 9.97 Å². The predicted octanol–water partition coefficient (Wildman–Crippen LogP) is 4.53. The zero-order valence-corrected chi connectivity index (χ0v) is 19.1. The third-order valence-corrected chi connectivity index (χ3v) is 6.65. The molecule has 3 N–H and O–H groups in total. The summed E-state index contributed by atoms with van der Waals surface area (Å²) in [6.45, 7) is 3.65. The van der Waals surface area contributed by atoms with Gasteiger partial charge in [0, 0.05) is 34.7 Å². The first-order valence-electron chi connectivity index (χ1n) is 10.6. The van der Waals surface area contributed by atoms with E-state index >= 15 is 0 Å². The summed E-state index contributed by atoms with van der Waals surface area (Å²) in [5.74, 6) is -6.93.